The largest absolute Gasteiger partial charge is 0.348 e. The summed E-state index contributed by atoms with van der Waals surface area (Å²) in [4.78, 5) is 12.7. The number of benzene rings is 1. The van der Waals surface area contributed by atoms with Crippen LogP contribution in [-0.4, -0.2) is 51.2 Å². The maximum absolute atomic E-state index is 12.3. The van der Waals surface area contributed by atoms with Crippen LogP contribution in [0.5, 0.6) is 0 Å². The minimum Gasteiger partial charge on any atom is -0.348 e. The fourth-order valence-corrected chi connectivity index (χ4v) is 3.11. The van der Waals surface area contributed by atoms with Crippen molar-refractivity contribution in [2.45, 2.75) is 4.90 Å². The van der Waals surface area contributed by atoms with Gasteiger partial charge in [-0.3, -0.25) is 4.79 Å². The van der Waals surface area contributed by atoms with Crippen molar-refractivity contribution in [2.75, 3.05) is 27.7 Å². The molecule has 0 fully saturated rings. The topological polar surface area (TPSA) is 57.7 Å². The summed E-state index contributed by atoms with van der Waals surface area (Å²) in [6.07, 6.45) is 0. The predicted octanol–water partition coefficient (Wildman–Crippen LogP) is 1.70. The van der Waals surface area contributed by atoms with Gasteiger partial charge >= 0.3 is 0 Å². The third-order valence-corrected chi connectivity index (χ3v) is 4.96. The summed E-state index contributed by atoms with van der Waals surface area (Å²) in [6.45, 7) is -0.266. The van der Waals surface area contributed by atoms with Gasteiger partial charge in [0, 0.05) is 26.2 Å². The molecule has 0 N–H and O–H groups in total. The summed E-state index contributed by atoms with van der Waals surface area (Å²) >= 11 is 11.6. The Morgan fingerprint density at radius 2 is 1.79 bits per heavy atom. The lowest BCUT2D eigenvalue weighted by molar-refractivity contribution is -0.128. The first-order valence-corrected chi connectivity index (χ1v) is 7.47. The van der Waals surface area contributed by atoms with Crippen LogP contribution < -0.4 is 0 Å². The van der Waals surface area contributed by atoms with Crippen LogP contribution in [0.25, 0.3) is 0 Å². The Morgan fingerprint density at radius 1 is 1.21 bits per heavy atom. The van der Waals surface area contributed by atoms with Gasteiger partial charge in [-0.1, -0.05) is 23.2 Å². The third-order valence-electron chi connectivity index (χ3n) is 2.44. The molecule has 1 aromatic rings. The Labute approximate surface area is 122 Å². The average Bonchev–Trinajstić information content (AvgIpc) is 2.31. The van der Waals surface area contributed by atoms with Gasteiger partial charge < -0.3 is 4.90 Å². The van der Waals surface area contributed by atoms with Gasteiger partial charge in [-0.05, 0) is 18.2 Å². The fraction of sp³-hybridized carbons (Fsp3) is 0.364. The van der Waals surface area contributed by atoms with E-state index in [0.29, 0.717) is 0 Å². The number of amides is 1. The highest BCUT2D eigenvalue weighted by Crippen LogP contribution is 2.27. The molecule has 0 bridgehead atoms. The first-order valence-electron chi connectivity index (χ1n) is 5.28. The highest BCUT2D eigenvalue weighted by atomic mass is 35.5. The van der Waals surface area contributed by atoms with E-state index in [-0.39, 0.29) is 27.4 Å². The number of carbonyl (C=O) groups excluding carboxylic acids is 1. The van der Waals surface area contributed by atoms with Crippen LogP contribution in [0.15, 0.2) is 23.1 Å². The van der Waals surface area contributed by atoms with E-state index in [9.17, 15) is 13.2 Å². The first kappa shape index (κ1) is 16.2. The molecule has 1 aromatic carbocycles. The van der Waals surface area contributed by atoms with Gasteiger partial charge in [-0.15, -0.1) is 0 Å². The van der Waals surface area contributed by atoms with E-state index in [2.05, 4.69) is 0 Å². The van der Waals surface area contributed by atoms with Gasteiger partial charge in [-0.2, -0.15) is 4.31 Å². The molecule has 106 valence electrons. The molecule has 0 saturated heterocycles. The molecule has 5 nitrogen and oxygen atoms in total. The normalized spacial score (nSPS) is 11.7. The standard InChI is InChI=1S/C11H14Cl2N2O3S/c1-14(2)11(16)7-15(3)19(17,18)10-6-8(12)4-5-9(10)13/h4-6H,7H2,1-3H3. The second kappa shape index (κ2) is 6.09. The summed E-state index contributed by atoms with van der Waals surface area (Å²) in [5.74, 6) is -0.329. The lowest BCUT2D eigenvalue weighted by Crippen LogP contribution is -2.37. The molecule has 0 aromatic heterocycles. The molecule has 8 heteroatoms. The van der Waals surface area contributed by atoms with Crippen molar-refractivity contribution in [2.24, 2.45) is 0 Å². The van der Waals surface area contributed by atoms with Gasteiger partial charge in [0.15, 0.2) is 0 Å². The predicted molar refractivity (Wildman–Crippen MR) is 75.0 cm³/mol. The van der Waals surface area contributed by atoms with E-state index in [0.717, 1.165) is 4.31 Å². The molecule has 0 aliphatic heterocycles. The van der Waals surface area contributed by atoms with E-state index in [1.165, 1.54) is 30.1 Å². The molecule has 0 spiro atoms. The van der Waals surface area contributed by atoms with E-state index in [1.54, 1.807) is 14.1 Å². The maximum atomic E-state index is 12.3. The number of carbonyl (C=O) groups is 1. The second-order valence-electron chi connectivity index (χ2n) is 4.12. The summed E-state index contributed by atoms with van der Waals surface area (Å²) < 4.78 is 25.5. The Hall–Kier alpha value is -0.820. The molecular weight excluding hydrogens is 311 g/mol. The number of hydrogen-bond acceptors (Lipinski definition) is 3. The average molecular weight is 325 g/mol. The molecule has 0 radical (unpaired) electrons. The van der Waals surface area contributed by atoms with Crippen molar-refractivity contribution in [3.8, 4) is 0 Å². The summed E-state index contributed by atoms with van der Waals surface area (Å²) in [5, 5.41) is 0.323. The van der Waals surface area contributed by atoms with Crippen LogP contribution >= 0.6 is 23.2 Å². The molecule has 1 amide bonds. The van der Waals surface area contributed by atoms with Crippen LogP contribution in [0.2, 0.25) is 10.0 Å². The summed E-state index contributed by atoms with van der Waals surface area (Å²) in [7, 11) is 0.564. The molecular formula is C11H14Cl2N2O3S. The number of nitrogens with zero attached hydrogens (tertiary/aromatic N) is 2. The van der Waals surface area contributed by atoms with Crippen molar-refractivity contribution >= 4 is 39.1 Å². The number of hydrogen-bond donors (Lipinski definition) is 0. The molecule has 0 saturated carbocycles. The number of rotatable bonds is 4. The van der Waals surface area contributed by atoms with Crippen LogP contribution in [0.3, 0.4) is 0 Å². The maximum Gasteiger partial charge on any atom is 0.244 e. The highest BCUT2D eigenvalue weighted by Gasteiger charge is 2.26. The van der Waals surface area contributed by atoms with E-state index >= 15 is 0 Å². The smallest absolute Gasteiger partial charge is 0.244 e. The lowest BCUT2D eigenvalue weighted by Gasteiger charge is -2.19. The third kappa shape index (κ3) is 3.82. The first-order chi connectivity index (χ1) is 8.66. The monoisotopic (exact) mass is 324 g/mol. The van der Waals surface area contributed by atoms with E-state index in [1.807, 2.05) is 0 Å². The number of likely N-dealkylation sites (N-methyl/N-ethyl adjacent to an activating group) is 2. The molecule has 19 heavy (non-hydrogen) atoms. The Bertz CT molecular complexity index is 588. The van der Waals surface area contributed by atoms with Crippen molar-refractivity contribution in [3.63, 3.8) is 0 Å². The molecule has 0 atom stereocenters. The van der Waals surface area contributed by atoms with Gasteiger partial charge in [0.1, 0.15) is 4.90 Å². The fourth-order valence-electron chi connectivity index (χ4n) is 1.26. The van der Waals surface area contributed by atoms with Crippen molar-refractivity contribution in [3.05, 3.63) is 28.2 Å². The SMILES string of the molecule is CN(C)C(=O)CN(C)S(=O)(=O)c1cc(Cl)ccc1Cl. The minimum atomic E-state index is -3.85. The van der Waals surface area contributed by atoms with E-state index in [4.69, 9.17) is 23.2 Å². The van der Waals surface area contributed by atoms with Crippen molar-refractivity contribution in [1.29, 1.82) is 0 Å². The Balaban J connectivity index is 3.10. The van der Waals surface area contributed by atoms with Crippen molar-refractivity contribution in [1.82, 2.24) is 9.21 Å². The number of sulfonamides is 1. The summed E-state index contributed by atoms with van der Waals surface area (Å²) in [6, 6.07) is 4.15. The zero-order valence-corrected chi connectivity index (χ0v) is 13.1. The van der Waals surface area contributed by atoms with Crippen LogP contribution in [0, 0.1) is 0 Å². The van der Waals surface area contributed by atoms with Crippen LogP contribution in [0.4, 0.5) is 0 Å². The van der Waals surface area contributed by atoms with Gasteiger partial charge in [-0.25, -0.2) is 8.42 Å². The molecule has 0 heterocycles. The van der Waals surface area contributed by atoms with Gasteiger partial charge in [0.25, 0.3) is 0 Å². The van der Waals surface area contributed by atoms with Gasteiger partial charge in [0.2, 0.25) is 15.9 Å². The van der Waals surface area contributed by atoms with E-state index < -0.39 is 10.0 Å². The highest BCUT2D eigenvalue weighted by molar-refractivity contribution is 7.89. The Kier molecular flexibility index (Phi) is 5.20. The Morgan fingerprint density at radius 3 is 2.32 bits per heavy atom. The van der Waals surface area contributed by atoms with Crippen LogP contribution in [-0.2, 0) is 14.8 Å². The van der Waals surface area contributed by atoms with Gasteiger partial charge in [0.05, 0.1) is 11.6 Å². The number of halogens is 2. The zero-order chi connectivity index (χ0) is 14.8. The molecule has 0 unspecified atom stereocenters. The minimum absolute atomic E-state index is 0.0635. The van der Waals surface area contributed by atoms with Crippen molar-refractivity contribution < 1.29 is 13.2 Å². The van der Waals surface area contributed by atoms with Crippen LogP contribution in [0.1, 0.15) is 0 Å². The zero-order valence-electron chi connectivity index (χ0n) is 10.7. The molecule has 0 aliphatic carbocycles. The second-order valence-corrected chi connectivity index (χ2v) is 6.98. The lowest BCUT2D eigenvalue weighted by atomic mass is 10.4. The molecule has 1 rings (SSSR count). The molecule has 0 aliphatic rings. The quantitative estimate of drug-likeness (QED) is 0.847. The summed E-state index contributed by atoms with van der Waals surface area (Å²) in [5.41, 5.74) is 0.